The van der Waals surface area contributed by atoms with Gasteiger partial charge in [-0.3, -0.25) is 9.69 Å². The number of alkyl halides is 3. The Labute approximate surface area is 239 Å². The summed E-state index contributed by atoms with van der Waals surface area (Å²) in [6, 6.07) is 9.97. The lowest BCUT2D eigenvalue weighted by molar-refractivity contribution is -0.138. The maximum absolute atomic E-state index is 14.4. The third kappa shape index (κ3) is 5.83. The Hall–Kier alpha value is -4.36. The number of pyridine rings is 1. The van der Waals surface area contributed by atoms with Crippen molar-refractivity contribution in [2.24, 2.45) is 7.05 Å². The van der Waals surface area contributed by atoms with Crippen molar-refractivity contribution in [3.63, 3.8) is 0 Å². The second-order valence-electron chi connectivity index (χ2n) is 9.69. The molecule has 2 aromatic carbocycles. The molecule has 1 aliphatic heterocycles. The van der Waals surface area contributed by atoms with Crippen LogP contribution in [0.25, 0.3) is 22.5 Å². The van der Waals surface area contributed by atoms with Gasteiger partial charge in [0.1, 0.15) is 23.8 Å². The summed E-state index contributed by atoms with van der Waals surface area (Å²) in [6.07, 6.45) is -3.20. The Morgan fingerprint density at radius 1 is 1.05 bits per heavy atom. The monoisotopic (exact) mass is 584 g/mol. The molecule has 1 N–H and O–H groups in total. The predicted octanol–water partition coefficient (Wildman–Crippen LogP) is 5.46. The van der Waals surface area contributed by atoms with E-state index >= 15 is 0 Å². The van der Waals surface area contributed by atoms with Crippen LogP contribution in [0.3, 0.4) is 0 Å². The van der Waals surface area contributed by atoms with Crippen LogP contribution in [-0.4, -0.2) is 52.5 Å². The number of carbonyl (C=O) groups is 1. The van der Waals surface area contributed by atoms with E-state index in [1.807, 2.05) is 6.92 Å². The van der Waals surface area contributed by atoms with Crippen LogP contribution in [-0.2, 0) is 35.8 Å². The van der Waals surface area contributed by atoms with Gasteiger partial charge in [0.05, 0.1) is 31.9 Å². The standard InChI is InChI=1S/C29H28F4N6O3/c1-4-34-25-11-18(20-6-5-19(30)13-21(20)27-37-35-16-38(27)2)12-26(36-25)39-14-23-22(28(39)40)9-17(15-42-8-7-41-3)10-24(23)29(31,32)33/h5-6,9-13,16H,4,7-8,14-15H2,1-3H3,(H,34,36). The third-order valence-electron chi connectivity index (χ3n) is 6.80. The number of ether oxygens (including phenoxy) is 2. The van der Waals surface area contributed by atoms with Gasteiger partial charge < -0.3 is 19.4 Å². The first-order valence-electron chi connectivity index (χ1n) is 13.1. The van der Waals surface area contributed by atoms with Crippen molar-refractivity contribution in [3.05, 3.63) is 76.9 Å². The highest BCUT2D eigenvalue weighted by Gasteiger charge is 2.41. The fourth-order valence-electron chi connectivity index (χ4n) is 4.88. The second-order valence-corrected chi connectivity index (χ2v) is 9.69. The van der Waals surface area contributed by atoms with Crippen LogP contribution in [0.2, 0.25) is 0 Å². The number of halogens is 4. The van der Waals surface area contributed by atoms with Gasteiger partial charge in [-0.1, -0.05) is 6.07 Å². The molecule has 0 saturated heterocycles. The van der Waals surface area contributed by atoms with Crippen LogP contribution in [0.4, 0.5) is 29.2 Å². The van der Waals surface area contributed by atoms with Crippen molar-refractivity contribution < 1.29 is 31.8 Å². The summed E-state index contributed by atoms with van der Waals surface area (Å²) >= 11 is 0. The Morgan fingerprint density at radius 3 is 2.55 bits per heavy atom. The molecule has 0 aliphatic carbocycles. The van der Waals surface area contributed by atoms with Gasteiger partial charge >= 0.3 is 6.18 Å². The van der Waals surface area contributed by atoms with E-state index in [0.29, 0.717) is 34.9 Å². The molecule has 0 atom stereocenters. The summed E-state index contributed by atoms with van der Waals surface area (Å²) in [5.41, 5.74) is 0.713. The van der Waals surface area contributed by atoms with Crippen LogP contribution in [0.1, 0.15) is 34.0 Å². The number of fused-ring (bicyclic) bond motifs is 1. The number of carbonyl (C=O) groups excluding carboxylic acids is 1. The molecule has 0 saturated carbocycles. The van der Waals surface area contributed by atoms with E-state index in [0.717, 1.165) is 6.07 Å². The highest BCUT2D eigenvalue weighted by molar-refractivity contribution is 6.10. The topological polar surface area (TPSA) is 94.4 Å². The maximum Gasteiger partial charge on any atom is 0.416 e. The molecule has 4 aromatic rings. The van der Waals surface area contributed by atoms with Gasteiger partial charge in [0.15, 0.2) is 5.82 Å². The predicted molar refractivity (Wildman–Crippen MR) is 147 cm³/mol. The molecule has 0 radical (unpaired) electrons. The fraction of sp³-hybridized carbons (Fsp3) is 0.310. The number of nitrogens with one attached hydrogen (secondary N) is 1. The molecule has 0 bridgehead atoms. The maximum atomic E-state index is 14.4. The van der Waals surface area contributed by atoms with Crippen LogP contribution in [0.15, 0.2) is 48.8 Å². The van der Waals surface area contributed by atoms with Crippen molar-refractivity contribution in [2.45, 2.75) is 26.3 Å². The largest absolute Gasteiger partial charge is 0.416 e. The van der Waals surface area contributed by atoms with Gasteiger partial charge in [-0.25, -0.2) is 9.37 Å². The van der Waals surface area contributed by atoms with Gasteiger partial charge in [0, 0.05) is 31.8 Å². The molecule has 2 aromatic heterocycles. The zero-order valence-corrected chi connectivity index (χ0v) is 23.1. The van der Waals surface area contributed by atoms with Gasteiger partial charge in [-0.2, -0.15) is 13.2 Å². The van der Waals surface area contributed by atoms with E-state index in [1.54, 1.807) is 29.8 Å². The number of benzene rings is 2. The SMILES string of the molecule is CCNc1cc(-c2ccc(F)cc2-c2nncn2C)cc(N2Cc3c(cc(COCCOC)cc3C(F)(F)F)C2=O)n1. The minimum absolute atomic E-state index is 0.0612. The zero-order valence-electron chi connectivity index (χ0n) is 23.1. The molecule has 13 heteroatoms. The normalized spacial score (nSPS) is 13.1. The van der Waals surface area contributed by atoms with Gasteiger partial charge in [-0.15, -0.1) is 10.2 Å². The molecule has 1 amide bonds. The van der Waals surface area contributed by atoms with Gasteiger partial charge in [0.25, 0.3) is 5.91 Å². The molecule has 9 nitrogen and oxygen atoms in total. The molecule has 5 rings (SSSR count). The molecular weight excluding hydrogens is 556 g/mol. The van der Waals surface area contributed by atoms with E-state index in [1.165, 1.54) is 36.5 Å². The van der Waals surface area contributed by atoms with Crippen molar-refractivity contribution in [2.75, 3.05) is 37.1 Å². The molecule has 1 aliphatic rings. The van der Waals surface area contributed by atoms with E-state index in [4.69, 9.17) is 9.47 Å². The minimum Gasteiger partial charge on any atom is -0.382 e. The Bertz CT molecular complexity index is 1620. The number of methoxy groups -OCH3 is 1. The summed E-state index contributed by atoms with van der Waals surface area (Å²) in [7, 11) is 3.21. The lowest BCUT2D eigenvalue weighted by atomic mass is 9.99. The van der Waals surface area contributed by atoms with Crippen LogP contribution in [0.5, 0.6) is 0 Å². The second kappa shape index (κ2) is 11.9. The summed E-state index contributed by atoms with van der Waals surface area (Å²) < 4.78 is 68.8. The third-order valence-corrected chi connectivity index (χ3v) is 6.80. The average Bonchev–Trinajstić information content (AvgIpc) is 3.53. The number of rotatable bonds is 10. The quantitative estimate of drug-likeness (QED) is 0.196. The molecule has 0 fully saturated rings. The number of hydrogen-bond donors (Lipinski definition) is 1. The number of aryl methyl sites for hydroxylation is 1. The molecule has 42 heavy (non-hydrogen) atoms. The Morgan fingerprint density at radius 2 is 1.86 bits per heavy atom. The Balaban J connectivity index is 1.58. The van der Waals surface area contributed by atoms with Crippen molar-refractivity contribution in [1.82, 2.24) is 19.7 Å². The number of nitrogens with zero attached hydrogens (tertiary/aromatic N) is 5. The smallest absolute Gasteiger partial charge is 0.382 e. The lowest BCUT2D eigenvalue weighted by Crippen LogP contribution is -2.24. The number of hydrogen-bond acceptors (Lipinski definition) is 7. The van der Waals surface area contributed by atoms with Crippen molar-refractivity contribution in [3.8, 4) is 22.5 Å². The van der Waals surface area contributed by atoms with Gasteiger partial charge in [-0.05, 0) is 65.6 Å². The lowest BCUT2D eigenvalue weighted by Gasteiger charge is -2.19. The average molecular weight is 585 g/mol. The first kappa shape index (κ1) is 29.1. The zero-order chi connectivity index (χ0) is 30.0. The first-order chi connectivity index (χ1) is 20.1. The van der Waals surface area contributed by atoms with E-state index in [9.17, 15) is 22.4 Å². The van der Waals surface area contributed by atoms with Crippen LogP contribution < -0.4 is 10.2 Å². The van der Waals surface area contributed by atoms with Gasteiger partial charge in [0.2, 0.25) is 0 Å². The highest BCUT2D eigenvalue weighted by atomic mass is 19.4. The molecule has 0 spiro atoms. The summed E-state index contributed by atoms with van der Waals surface area (Å²) in [5, 5.41) is 11.1. The number of anilines is 2. The highest BCUT2D eigenvalue weighted by Crippen LogP contribution is 2.41. The number of aromatic nitrogens is 4. The van der Waals surface area contributed by atoms with E-state index < -0.39 is 23.5 Å². The van der Waals surface area contributed by atoms with E-state index in [2.05, 4.69) is 20.5 Å². The van der Waals surface area contributed by atoms with Crippen LogP contribution in [0, 0.1) is 5.82 Å². The minimum atomic E-state index is -4.69. The molecule has 3 heterocycles. The fourth-order valence-corrected chi connectivity index (χ4v) is 4.88. The van der Waals surface area contributed by atoms with Crippen LogP contribution >= 0.6 is 0 Å². The van der Waals surface area contributed by atoms with Crippen molar-refractivity contribution in [1.29, 1.82) is 0 Å². The summed E-state index contributed by atoms with van der Waals surface area (Å²) in [4.78, 5) is 19.4. The van der Waals surface area contributed by atoms with E-state index in [-0.39, 0.29) is 48.9 Å². The first-order valence-corrected chi connectivity index (χ1v) is 13.1. The molecule has 220 valence electrons. The summed E-state index contributed by atoms with van der Waals surface area (Å²) in [5.74, 6) is -0.152. The molecular formula is C29H28F4N6O3. The Kier molecular flexibility index (Phi) is 8.23. The summed E-state index contributed by atoms with van der Waals surface area (Å²) in [6.45, 7) is 2.40. The molecule has 0 unspecified atom stereocenters. The van der Waals surface area contributed by atoms with Crippen molar-refractivity contribution >= 4 is 17.5 Å². The number of amides is 1.